The van der Waals surface area contributed by atoms with E-state index in [-0.39, 0.29) is 12.5 Å². The summed E-state index contributed by atoms with van der Waals surface area (Å²) in [4.78, 5) is 15.2. The Bertz CT molecular complexity index is 328. The Kier molecular flexibility index (Phi) is 4.56. The Morgan fingerprint density at radius 1 is 1.67 bits per heavy atom. The van der Waals surface area contributed by atoms with Crippen molar-refractivity contribution in [1.29, 1.82) is 0 Å². The maximum absolute atomic E-state index is 11.3. The van der Waals surface area contributed by atoms with Gasteiger partial charge in [0.25, 0.3) is 5.91 Å². The van der Waals surface area contributed by atoms with Crippen molar-refractivity contribution in [1.82, 2.24) is 4.98 Å². The van der Waals surface area contributed by atoms with Gasteiger partial charge in [0.2, 0.25) is 0 Å². The van der Waals surface area contributed by atoms with Crippen molar-refractivity contribution in [3.8, 4) is 0 Å². The third kappa shape index (κ3) is 3.95. The third-order valence-corrected chi connectivity index (χ3v) is 1.68. The Balaban J connectivity index is 2.41. The van der Waals surface area contributed by atoms with Gasteiger partial charge in [-0.3, -0.25) is 4.79 Å². The van der Waals surface area contributed by atoms with Crippen LogP contribution in [0.3, 0.4) is 0 Å². The van der Waals surface area contributed by atoms with Crippen LogP contribution in [-0.4, -0.2) is 24.1 Å². The third-order valence-electron chi connectivity index (χ3n) is 1.68. The molecule has 0 aliphatic carbocycles. The number of amides is 1. The lowest BCUT2D eigenvalue weighted by Crippen LogP contribution is -2.20. The standard InChI is InChI=1S/C10H15N3O2/c1-2-6-15-7-9(14)13-10-8(11)4-3-5-12-10/h3-5H,2,6-7,11H2,1H3,(H,12,13,14). The lowest BCUT2D eigenvalue weighted by Gasteiger charge is -2.06. The highest BCUT2D eigenvalue weighted by atomic mass is 16.5. The summed E-state index contributed by atoms with van der Waals surface area (Å²) in [5.41, 5.74) is 6.05. The number of nitrogens with two attached hydrogens (primary N) is 1. The number of nitrogens with one attached hydrogen (secondary N) is 1. The minimum absolute atomic E-state index is 0.0316. The van der Waals surface area contributed by atoms with Crippen molar-refractivity contribution < 1.29 is 9.53 Å². The molecule has 15 heavy (non-hydrogen) atoms. The van der Waals surface area contributed by atoms with Gasteiger partial charge in [-0.2, -0.15) is 0 Å². The van der Waals surface area contributed by atoms with E-state index in [9.17, 15) is 4.79 Å². The van der Waals surface area contributed by atoms with Crippen LogP contribution in [0.2, 0.25) is 0 Å². The molecule has 0 radical (unpaired) electrons. The number of hydrogen-bond acceptors (Lipinski definition) is 4. The quantitative estimate of drug-likeness (QED) is 0.710. The molecule has 0 unspecified atom stereocenters. The van der Waals surface area contributed by atoms with Gasteiger partial charge in [-0.05, 0) is 18.6 Å². The van der Waals surface area contributed by atoms with Gasteiger partial charge in [-0.15, -0.1) is 0 Å². The van der Waals surface area contributed by atoms with Crippen molar-refractivity contribution in [2.75, 3.05) is 24.3 Å². The van der Waals surface area contributed by atoms with Gasteiger partial charge in [0.05, 0.1) is 5.69 Å². The molecule has 82 valence electrons. The Morgan fingerprint density at radius 2 is 2.47 bits per heavy atom. The molecule has 1 aromatic heterocycles. The normalized spacial score (nSPS) is 9.93. The van der Waals surface area contributed by atoms with E-state index >= 15 is 0 Å². The molecule has 0 bridgehead atoms. The summed E-state index contributed by atoms with van der Waals surface area (Å²) in [6.07, 6.45) is 2.46. The highest BCUT2D eigenvalue weighted by Gasteiger charge is 2.05. The molecule has 0 atom stereocenters. The largest absolute Gasteiger partial charge is 0.396 e. The summed E-state index contributed by atoms with van der Waals surface area (Å²) in [5.74, 6) is 0.136. The van der Waals surface area contributed by atoms with Crippen LogP contribution in [0.5, 0.6) is 0 Å². The highest BCUT2D eigenvalue weighted by molar-refractivity contribution is 5.93. The number of aromatic nitrogens is 1. The lowest BCUT2D eigenvalue weighted by molar-refractivity contribution is -0.120. The molecule has 1 amide bonds. The number of carbonyl (C=O) groups excluding carboxylic acids is 1. The van der Waals surface area contributed by atoms with Gasteiger partial charge >= 0.3 is 0 Å². The molecule has 5 nitrogen and oxygen atoms in total. The molecule has 3 N–H and O–H groups in total. The van der Waals surface area contributed by atoms with Crippen LogP contribution in [0.1, 0.15) is 13.3 Å². The predicted octanol–water partition coefficient (Wildman–Crippen LogP) is 1.03. The monoisotopic (exact) mass is 209 g/mol. The van der Waals surface area contributed by atoms with Crippen LogP contribution in [0.25, 0.3) is 0 Å². The van der Waals surface area contributed by atoms with E-state index in [1.807, 2.05) is 6.92 Å². The molecule has 0 spiro atoms. The molecular formula is C10H15N3O2. The van der Waals surface area contributed by atoms with E-state index < -0.39 is 0 Å². The average molecular weight is 209 g/mol. The van der Waals surface area contributed by atoms with Crippen LogP contribution in [0, 0.1) is 0 Å². The Labute approximate surface area is 88.6 Å². The number of hydrogen-bond donors (Lipinski definition) is 2. The number of carbonyl (C=O) groups is 1. The number of rotatable bonds is 5. The van der Waals surface area contributed by atoms with Crippen LogP contribution >= 0.6 is 0 Å². The van der Waals surface area contributed by atoms with Crippen molar-refractivity contribution in [2.24, 2.45) is 0 Å². The highest BCUT2D eigenvalue weighted by Crippen LogP contribution is 2.12. The first kappa shape index (κ1) is 11.5. The summed E-state index contributed by atoms with van der Waals surface area (Å²) in [6.45, 7) is 2.59. The van der Waals surface area contributed by atoms with Crippen molar-refractivity contribution >= 4 is 17.4 Å². The molecule has 0 saturated carbocycles. The predicted molar refractivity (Wildman–Crippen MR) is 58.4 cm³/mol. The van der Waals surface area contributed by atoms with Crippen molar-refractivity contribution in [2.45, 2.75) is 13.3 Å². The number of nitrogen functional groups attached to an aromatic ring is 1. The van der Waals surface area contributed by atoms with E-state index in [0.29, 0.717) is 18.1 Å². The van der Waals surface area contributed by atoms with Gasteiger partial charge in [-0.1, -0.05) is 6.92 Å². The fraction of sp³-hybridized carbons (Fsp3) is 0.400. The van der Waals surface area contributed by atoms with E-state index in [1.54, 1.807) is 18.3 Å². The second-order valence-corrected chi connectivity index (χ2v) is 3.04. The molecule has 1 rings (SSSR count). The fourth-order valence-electron chi connectivity index (χ4n) is 1.000. The number of pyridine rings is 1. The van der Waals surface area contributed by atoms with E-state index in [4.69, 9.17) is 10.5 Å². The van der Waals surface area contributed by atoms with Crippen molar-refractivity contribution in [3.63, 3.8) is 0 Å². The Morgan fingerprint density at radius 3 is 3.13 bits per heavy atom. The molecule has 1 heterocycles. The van der Waals surface area contributed by atoms with Crippen LogP contribution in [0.4, 0.5) is 11.5 Å². The zero-order chi connectivity index (χ0) is 11.1. The molecule has 0 aliphatic heterocycles. The van der Waals surface area contributed by atoms with Gasteiger partial charge in [0, 0.05) is 12.8 Å². The lowest BCUT2D eigenvalue weighted by atomic mass is 10.4. The van der Waals surface area contributed by atoms with E-state index in [0.717, 1.165) is 6.42 Å². The fourth-order valence-corrected chi connectivity index (χ4v) is 1.000. The van der Waals surface area contributed by atoms with Gasteiger partial charge < -0.3 is 15.8 Å². The number of nitrogens with zero attached hydrogens (tertiary/aromatic N) is 1. The molecule has 0 fully saturated rings. The molecular weight excluding hydrogens is 194 g/mol. The first-order valence-corrected chi connectivity index (χ1v) is 4.82. The molecule has 5 heteroatoms. The minimum atomic E-state index is -0.242. The Hall–Kier alpha value is -1.62. The molecule has 0 aromatic carbocycles. The zero-order valence-corrected chi connectivity index (χ0v) is 8.69. The maximum atomic E-state index is 11.3. The van der Waals surface area contributed by atoms with Crippen LogP contribution in [-0.2, 0) is 9.53 Å². The SMILES string of the molecule is CCCOCC(=O)Nc1ncccc1N. The second-order valence-electron chi connectivity index (χ2n) is 3.04. The summed E-state index contributed by atoms with van der Waals surface area (Å²) in [7, 11) is 0. The summed E-state index contributed by atoms with van der Waals surface area (Å²) < 4.78 is 5.08. The molecule has 1 aromatic rings. The second kappa shape index (κ2) is 5.98. The summed E-state index contributed by atoms with van der Waals surface area (Å²) >= 11 is 0. The number of ether oxygens (including phenoxy) is 1. The summed E-state index contributed by atoms with van der Waals surface area (Å²) in [6, 6.07) is 3.38. The van der Waals surface area contributed by atoms with Gasteiger partial charge in [-0.25, -0.2) is 4.98 Å². The van der Waals surface area contributed by atoms with Gasteiger partial charge in [0.1, 0.15) is 6.61 Å². The van der Waals surface area contributed by atoms with Crippen molar-refractivity contribution in [3.05, 3.63) is 18.3 Å². The van der Waals surface area contributed by atoms with E-state index in [2.05, 4.69) is 10.3 Å². The smallest absolute Gasteiger partial charge is 0.251 e. The molecule has 0 saturated heterocycles. The van der Waals surface area contributed by atoms with Gasteiger partial charge in [0.15, 0.2) is 5.82 Å². The minimum Gasteiger partial charge on any atom is -0.396 e. The topological polar surface area (TPSA) is 77.2 Å². The molecule has 0 aliphatic rings. The maximum Gasteiger partial charge on any atom is 0.251 e. The first-order valence-electron chi connectivity index (χ1n) is 4.82. The van der Waals surface area contributed by atoms with E-state index in [1.165, 1.54) is 0 Å². The van der Waals surface area contributed by atoms with Crippen LogP contribution in [0.15, 0.2) is 18.3 Å². The first-order chi connectivity index (χ1) is 7.24. The summed E-state index contributed by atoms with van der Waals surface area (Å²) in [5, 5.41) is 2.57. The van der Waals surface area contributed by atoms with Crippen LogP contribution < -0.4 is 11.1 Å². The zero-order valence-electron chi connectivity index (χ0n) is 8.69. The number of anilines is 2. The average Bonchev–Trinajstić information content (AvgIpc) is 2.22.